The van der Waals surface area contributed by atoms with Gasteiger partial charge in [-0.05, 0) is 25.0 Å². The van der Waals surface area contributed by atoms with Crippen molar-refractivity contribution in [1.82, 2.24) is 9.80 Å². The first-order chi connectivity index (χ1) is 11.0. The standard InChI is InChI=1S/C16H22N2O4S/c19-16(14-10-13(14)15-2-1-8-22-15)18-6-4-17(5-7-18)12-3-9-23(20,21)11-12/h1-2,8,12-14H,3-7,9-11H2/t12-,13+,14+/m0/s1. The summed E-state index contributed by atoms with van der Waals surface area (Å²) in [5, 5.41) is 0. The molecule has 0 unspecified atom stereocenters. The van der Waals surface area contributed by atoms with E-state index in [4.69, 9.17) is 4.42 Å². The molecule has 3 heterocycles. The number of piperazine rings is 1. The van der Waals surface area contributed by atoms with Crippen molar-refractivity contribution in [2.24, 2.45) is 5.92 Å². The Morgan fingerprint density at radius 3 is 2.61 bits per heavy atom. The number of furan rings is 1. The molecule has 3 atom stereocenters. The van der Waals surface area contributed by atoms with E-state index in [1.165, 1.54) is 0 Å². The van der Waals surface area contributed by atoms with Crippen molar-refractivity contribution >= 4 is 15.7 Å². The lowest BCUT2D eigenvalue weighted by atomic mass is 10.1. The van der Waals surface area contributed by atoms with Crippen LogP contribution in [0, 0.1) is 5.92 Å². The number of hydrogen-bond acceptors (Lipinski definition) is 5. The van der Waals surface area contributed by atoms with Gasteiger partial charge >= 0.3 is 0 Å². The average Bonchev–Trinajstić information content (AvgIpc) is 2.98. The third kappa shape index (κ3) is 3.04. The lowest BCUT2D eigenvalue weighted by Crippen LogP contribution is -2.52. The summed E-state index contributed by atoms with van der Waals surface area (Å²) in [5.74, 6) is 2.05. The van der Waals surface area contributed by atoms with Crippen LogP contribution in [0.2, 0.25) is 0 Å². The summed E-state index contributed by atoms with van der Waals surface area (Å²) in [6.45, 7) is 2.97. The van der Waals surface area contributed by atoms with Crippen LogP contribution in [0.15, 0.2) is 22.8 Å². The molecule has 1 aromatic heterocycles. The number of sulfone groups is 1. The van der Waals surface area contributed by atoms with E-state index < -0.39 is 9.84 Å². The van der Waals surface area contributed by atoms with Crippen molar-refractivity contribution < 1.29 is 17.6 Å². The van der Waals surface area contributed by atoms with Crippen LogP contribution in [-0.4, -0.2) is 67.9 Å². The third-order valence-electron chi connectivity index (χ3n) is 5.37. The molecule has 2 aliphatic heterocycles. The average molecular weight is 338 g/mol. The maximum Gasteiger partial charge on any atom is 0.226 e. The minimum absolute atomic E-state index is 0.0690. The molecular weight excluding hydrogens is 316 g/mol. The second kappa shape index (κ2) is 5.63. The number of rotatable bonds is 3. The van der Waals surface area contributed by atoms with E-state index >= 15 is 0 Å². The molecule has 3 fully saturated rings. The van der Waals surface area contributed by atoms with Crippen molar-refractivity contribution in [3.8, 4) is 0 Å². The molecule has 6 nitrogen and oxygen atoms in total. The van der Waals surface area contributed by atoms with Crippen molar-refractivity contribution in [3.05, 3.63) is 24.2 Å². The van der Waals surface area contributed by atoms with Crippen LogP contribution in [0.3, 0.4) is 0 Å². The Hall–Kier alpha value is -1.34. The van der Waals surface area contributed by atoms with Gasteiger partial charge in [0.05, 0.1) is 17.8 Å². The van der Waals surface area contributed by atoms with Gasteiger partial charge in [-0.1, -0.05) is 0 Å². The Kier molecular flexibility index (Phi) is 3.72. The van der Waals surface area contributed by atoms with Gasteiger partial charge in [0.2, 0.25) is 5.91 Å². The first-order valence-corrected chi connectivity index (χ1v) is 10.1. The monoisotopic (exact) mass is 338 g/mol. The first-order valence-electron chi connectivity index (χ1n) is 8.30. The lowest BCUT2D eigenvalue weighted by Gasteiger charge is -2.37. The fourth-order valence-electron chi connectivity index (χ4n) is 3.89. The number of carbonyl (C=O) groups excluding carboxylic acids is 1. The lowest BCUT2D eigenvalue weighted by molar-refractivity contribution is -0.134. The topological polar surface area (TPSA) is 70.8 Å². The maximum absolute atomic E-state index is 12.6. The summed E-state index contributed by atoms with van der Waals surface area (Å²) >= 11 is 0. The zero-order valence-corrected chi connectivity index (χ0v) is 13.9. The molecule has 23 heavy (non-hydrogen) atoms. The normalized spacial score (nSPS) is 33.7. The summed E-state index contributed by atoms with van der Waals surface area (Å²) in [4.78, 5) is 16.7. The molecule has 126 valence electrons. The van der Waals surface area contributed by atoms with Gasteiger partial charge in [0.1, 0.15) is 5.76 Å². The van der Waals surface area contributed by atoms with Crippen molar-refractivity contribution in [1.29, 1.82) is 0 Å². The molecule has 0 spiro atoms. The van der Waals surface area contributed by atoms with Gasteiger partial charge in [-0.15, -0.1) is 0 Å². The van der Waals surface area contributed by atoms with Crippen LogP contribution in [-0.2, 0) is 14.6 Å². The second-order valence-corrected chi connectivity index (χ2v) is 9.11. The molecule has 2 saturated heterocycles. The zero-order chi connectivity index (χ0) is 16.0. The molecule has 4 rings (SSSR count). The number of hydrogen-bond donors (Lipinski definition) is 0. The van der Waals surface area contributed by atoms with Gasteiger partial charge in [0.15, 0.2) is 9.84 Å². The quantitative estimate of drug-likeness (QED) is 0.812. The van der Waals surface area contributed by atoms with Gasteiger partial charge in [-0.25, -0.2) is 8.42 Å². The Labute approximate surface area is 136 Å². The summed E-state index contributed by atoms with van der Waals surface area (Å²) < 4.78 is 28.6. The predicted octanol–water partition coefficient (Wildman–Crippen LogP) is 0.714. The van der Waals surface area contributed by atoms with Crippen LogP contribution < -0.4 is 0 Å². The molecule has 1 amide bonds. The first kappa shape index (κ1) is 15.2. The number of nitrogens with zero attached hydrogens (tertiary/aromatic N) is 2. The van der Waals surface area contributed by atoms with E-state index in [0.717, 1.165) is 31.7 Å². The summed E-state index contributed by atoms with van der Waals surface area (Å²) in [6, 6.07) is 3.95. The predicted molar refractivity (Wildman–Crippen MR) is 84.8 cm³/mol. The Morgan fingerprint density at radius 1 is 1.22 bits per heavy atom. The fourth-order valence-corrected chi connectivity index (χ4v) is 5.65. The minimum Gasteiger partial charge on any atom is -0.469 e. The van der Waals surface area contributed by atoms with Gasteiger partial charge < -0.3 is 9.32 Å². The summed E-state index contributed by atoms with van der Waals surface area (Å²) in [5.41, 5.74) is 0. The Morgan fingerprint density at radius 2 is 2.00 bits per heavy atom. The number of carbonyl (C=O) groups is 1. The highest BCUT2D eigenvalue weighted by atomic mass is 32.2. The Bertz CT molecular complexity index is 677. The smallest absolute Gasteiger partial charge is 0.226 e. The fraction of sp³-hybridized carbons (Fsp3) is 0.688. The van der Waals surface area contributed by atoms with Gasteiger partial charge in [-0.3, -0.25) is 9.69 Å². The van der Waals surface area contributed by atoms with E-state index in [9.17, 15) is 13.2 Å². The number of amides is 1. The van der Waals surface area contributed by atoms with E-state index in [-0.39, 0.29) is 29.5 Å². The molecule has 7 heteroatoms. The van der Waals surface area contributed by atoms with Crippen molar-refractivity contribution in [2.75, 3.05) is 37.7 Å². The maximum atomic E-state index is 12.6. The molecule has 1 saturated carbocycles. The molecule has 0 N–H and O–H groups in total. The van der Waals surface area contributed by atoms with Crippen LogP contribution in [0.5, 0.6) is 0 Å². The van der Waals surface area contributed by atoms with Crippen molar-refractivity contribution in [2.45, 2.75) is 24.8 Å². The van der Waals surface area contributed by atoms with Crippen LogP contribution >= 0.6 is 0 Å². The van der Waals surface area contributed by atoms with Crippen LogP contribution in [0.4, 0.5) is 0 Å². The molecule has 0 bridgehead atoms. The molecular formula is C16H22N2O4S. The molecule has 0 radical (unpaired) electrons. The summed E-state index contributed by atoms with van der Waals surface area (Å²) in [7, 11) is -2.84. The van der Waals surface area contributed by atoms with E-state index in [0.29, 0.717) is 18.8 Å². The largest absolute Gasteiger partial charge is 0.469 e. The molecule has 1 aromatic rings. The highest BCUT2D eigenvalue weighted by Gasteiger charge is 2.48. The van der Waals surface area contributed by atoms with Crippen LogP contribution in [0.1, 0.15) is 24.5 Å². The highest BCUT2D eigenvalue weighted by Crippen LogP contribution is 2.48. The van der Waals surface area contributed by atoms with Crippen molar-refractivity contribution in [3.63, 3.8) is 0 Å². The van der Waals surface area contributed by atoms with E-state index in [1.807, 2.05) is 17.0 Å². The second-order valence-electron chi connectivity index (χ2n) is 6.88. The third-order valence-corrected chi connectivity index (χ3v) is 7.12. The molecule has 3 aliphatic rings. The van der Waals surface area contributed by atoms with Gasteiger partial charge in [-0.2, -0.15) is 0 Å². The van der Waals surface area contributed by atoms with Crippen LogP contribution in [0.25, 0.3) is 0 Å². The highest BCUT2D eigenvalue weighted by molar-refractivity contribution is 7.91. The van der Waals surface area contributed by atoms with E-state index in [1.54, 1.807) is 6.26 Å². The minimum atomic E-state index is -2.84. The Balaban J connectivity index is 1.29. The SMILES string of the molecule is O=C([C@@H]1C[C@H]1c1ccco1)N1CCN([C@H]2CCS(=O)(=O)C2)CC1. The van der Waals surface area contributed by atoms with E-state index in [2.05, 4.69) is 4.90 Å². The van der Waals surface area contributed by atoms with Gasteiger partial charge in [0.25, 0.3) is 0 Å². The van der Waals surface area contributed by atoms with Gasteiger partial charge in [0, 0.05) is 44.1 Å². The zero-order valence-electron chi connectivity index (χ0n) is 13.1. The summed E-state index contributed by atoms with van der Waals surface area (Å²) in [6.07, 6.45) is 3.27. The molecule has 1 aliphatic carbocycles. The molecule has 0 aromatic carbocycles.